The maximum atomic E-state index is 12.1. The molecule has 0 radical (unpaired) electrons. The van der Waals surface area contributed by atoms with E-state index in [2.05, 4.69) is 5.32 Å². The number of carbonyl (C=O) groups excluding carboxylic acids is 1. The number of thiophene rings is 1. The third-order valence-electron chi connectivity index (χ3n) is 3.54. The maximum Gasteiger partial charge on any atom is 0.310 e. The Morgan fingerprint density at radius 1 is 1.00 bits per heavy atom. The molecule has 0 bridgehead atoms. The number of hydrogen-bond donors (Lipinski definition) is 1. The maximum absolute atomic E-state index is 12.1. The third-order valence-corrected chi connectivity index (χ3v) is 5.15. The summed E-state index contributed by atoms with van der Waals surface area (Å²) in [5, 5.41) is 8.01. The van der Waals surface area contributed by atoms with Crippen molar-refractivity contribution in [2.75, 3.05) is 5.32 Å². The summed E-state index contributed by atoms with van der Waals surface area (Å²) < 4.78 is 5.34. The largest absolute Gasteiger partial charge is 0.461 e. The Labute approximate surface area is 160 Å². The lowest BCUT2D eigenvalue weighted by molar-refractivity contribution is -0.144. The van der Waals surface area contributed by atoms with Crippen molar-refractivity contribution in [3.8, 4) is 0 Å². The number of benzene rings is 2. The van der Waals surface area contributed by atoms with Gasteiger partial charge in [0.2, 0.25) is 0 Å². The van der Waals surface area contributed by atoms with Crippen LogP contribution in [0.15, 0.2) is 59.3 Å². The average Bonchev–Trinajstić information content (AvgIpc) is 3.05. The van der Waals surface area contributed by atoms with Crippen LogP contribution in [0.1, 0.15) is 11.1 Å². The van der Waals surface area contributed by atoms with Crippen molar-refractivity contribution in [3.05, 3.63) is 80.5 Å². The lowest BCUT2D eigenvalue weighted by atomic mass is 10.2. The number of halogens is 2. The van der Waals surface area contributed by atoms with Crippen LogP contribution in [0.5, 0.6) is 0 Å². The minimum Gasteiger partial charge on any atom is -0.461 e. The Balaban J connectivity index is 1.63. The Kier molecular flexibility index (Phi) is 5.97. The van der Waals surface area contributed by atoms with E-state index in [-0.39, 0.29) is 19.0 Å². The fourth-order valence-electron chi connectivity index (χ4n) is 2.26. The molecular weight excluding hydrogens is 377 g/mol. The SMILES string of the molecule is O=C(Cc1cscc1Nc1cccc(Cl)c1Cl)OCc1ccccc1. The summed E-state index contributed by atoms with van der Waals surface area (Å²) in [5.74, 6) is -0.275. The standard InChI is InChI=1S/C19H15Cl2NO2S/c20-15-7-4-8-16(19(15)21)22-17-12-25-11-14(17)9-18(23)24-10-13-5-2-1-3-6-13/h1-8,11-12,22H,9-10H2. The first-order valence-corrected chi connectivity index (χ1v) is 9.29. The number of hydrogen-bond acceptors (Lipinski definition) is 4. The van der Waals surface area contributed by atoms with Gasteiger partial charge >= 0.3 is 5.97 Å². The van der Waals surface area contributed by atoms with Gasteiger partial charge in [0.15, 0.2) is 0 Å². The highest BCUT2D eigenvalue weighted by Gasteiger charge is 2.12. The quantitative estimate of drug-likeness (QED) is 0.517. The predicted octanol–water partition coefficient (Wildman–Crippen LogP) is 6.08. The van der Waals surface area contributed by atoms with Crippen LogP contribution in [-0.2, 0) is 22.6 Å². The van der Waals surface area contributed by atoms with E-state index >= 15 is 0 Å². The van der Waals surface area contributed by atoms with Gasteiger partial charge in [-0.25, -0.2) is 0 Å². The van der Waals surface area contributed by atoms with Crippen molar-refractivity contribution in [2.45, 2.75) is 13.0 Å². The summed E-state index contributed by atoms with van der Waals surface area (Å²) >= 11 is 13.7. The van der Waals surface area contributed by atoms with Crippen molar-refractivity contribution in [3.63, 3.8) is 0 Å². The number of anilines is 2. The number of nitrogens with one attached hydrogen (secondary N) is 1. The van der Waals surface area contributed by atoms with Crippen LogP contribution >= 0.6 is 34.5 Å². The molecule has 128 valence electrons. The number of rotatable bonds is 6. The van der Waals surface area contributed by atoms with Gasteiger partial charge in [0.25, 0.3) is 0 Å². The Hall–Kier alpha value is -2.01. The van der Waals surface area contributed by atoms with E-state index < -0.39 is 0 Å². The molecule has 0 saturated carbocycles. The van der Waals surface area contributed by atoms with Crippen LogP contribution in [0.2, 0.25) is 10.0 Å². The van der Waals surface area contributed by atoms with E-state index in [4.69, 9.17) is 27.9 Å². The molecule has 6 heteroatoms. The van der Waals surface area contributed by atoms with Crippen molar-refractivity contribution >= 4 is 51.9 Å². The predicted molar refractivity (Wildman–Crippen MR) is 104 cm³/mol. The van der Waals surface area contributed by atoms with E-state index in [1.807, 2.05) is 53.2 Å². The summed E-state index contributed by atoms with van der Waals surface area (Å²) in [7, 11) is 0. The lowest BCUT2D eigenvalue weighted by Gasteiger charge is -2.10. The summed E-state index contributed by atoms with van der Waals surface area (Å²) in [6.07, 6.45) is 0.191. The molecule has 0 fully saturated rings. The molecule has 0 aliphatic heterocycles. The van der Waals surface area contributed by atoms with Crippen LogP contribution in [-0.4, -0.2) is 5.97 Å². The van der Waals surface area contributed by atoms with Crippen molar-refractivity contribution in [2.24, 2.45) is 0 Å². The fraction of sp³-hybridized carbons (Fsp3) is 0.105. The molecule has 3 nitrogen and oxygen atoms in total. The van der Waals surface area contributed by atoms with E-state index in [9.17, 15) is 4.79 Å². The molecule has 1 heterocycles. The van der Waals surface area contributed by atoms with Gasteiger partial charge in [-0.05, 0) is 28.6 Å². The number of ether oxygens (including phenoxy) is 1. The first-order valence-electron chi connectivity index (χ1n) is 7.59. The van der Waals surface area contributed by atoms with Gasteiger partial charge in [0, 0.05) is 5.38 Å². The normalized spacial score (nSPS) is 10.5. The van der Waals surface area contributed by atoms with E-state index in [0.717, 1.165) is 16.8 Å². The second-order valence-electron chi connectivity index (χ2n) is 5.36. The van der Waals surface area contributed by atoms with Gasteiger partial charge in [-0.2, -0.15) is 0 Å². The molecule has 0 unspecified atom stereocenters. The van der Waals surface area contributed by atoms with Crippen LogP contribution in [0.3, 0.4) is 0 Å². The van der Waals surface area contributed by atoms with E-state index in [1.165, 1.54) is 11.3 Å². The number of esters is 1. The molecule has 25 heavy (non-hydrogen) atoms. The van der Waals surface area contributed by atoms with Gasteiger partial charge < -0.3 is 10.1 Å². The van der Waals surface area contributed by atoms with Crippen molar-refractivity contribution < 1.29 is 9.53 Å². The summed E-state index contributed by atoms with van der Waals surface area (Å²) in [5.41, 5.74) is 3.35. The smallest absolute Gasteiger partial charge is 0.310 e. The third kappa shape index (κ3) is 4.75. The van der Waals surface area contributed by atoms with Crippen LogP contribution < -0.4 is 5.32 Å². The Morgan fingerprint density at radius 3 is 2.60 bits per heavy atom. The van der Waals surface area contributed by atoms with E-state index in [1.54, 1.807) is 6.07 Å². The monoisotopic (exact) mass is 391 g/mol. The lowest BCUT2D eigenvalue weighted by Crippen LogP contribution is -2.08. The summed E-state index contributed by atoms with van der Waals surface area (Å²) in [6, 6.07) is 15.0. The zero-order valence-electron chi connectivity index (χ0n) is 13.2. The molecule has 0 spiro atoms. The van der Waals surface area contributed by atoms with Gasteiger partial charge in [-0.1, -0.05) is 59.6 Å². The van der Waals surface area contributed by atoms with Gasteiger partial charge in [0.1, 0.15) is 6.61 Å². The zero-order chi connectivity index (χ0) is 17.6. The molecule has 0 atom stereocenters. The Morgan fingerprint density at radius 2 is 1.80 bits per heavy atom. The van der Waals surface area contributed by atoms with Gasteiger partial charge in [-0.3, -0.25) is 4.79 Å². The fourth-order valence-corrected chi connectivity index (χ4v) is 3.40. The molecule has 0 aliphatic carbocycles. The number of carbonyl (C=O) groups is 1. The minimum absolute atomic E-state index is 0.191. The van der Waals surface area contributed by atoms with Gasteiger partial charge in [0.05, 0.1) is 27.8 Å². The molecule has 0 amide bonds. The summed E-state index contributed by atoms with van der Waals surface area (Å²) in [6.45, 7) is 0.271. The zero-order valence-corrected chi connectivity index (χ0v) is 15.5. The van der Waals surface area contributed by atoms with Crippen LogP contribution in [0, 0.1) is 0 Å². The van der Waals surface area contributed by atoms with Crippen molar-refractivity contribution in [1.29, 1.82) is 0 Å². The molecule has 2 aromatic carbocycles. The highest BCUT2D eigenvalue weighted by atomic mass is 35.5. The van der Waals surface area contributed by atoms with Gasteiger partial charge in [-0.15, -0.1) is 11.3 Å². The highest BCUT2D eigenvalue weighted by Crippen LogP contribution is 2.33. The molecule has 1 N–H and O–H groups in total. The average molecular weight is 392 g/mol. The topological polar surface area (TPSA) is 38.3 Å². The minimum atomic E-state index is -0.275. The summed E-state index contributed by atoms with van der Waals surface area (Å²) in [4.78, 5) is 12.1. The Bertz CT molecular complexity index is 865. The highest BCUT2D eigenvalue weighted by molar-refractivity contribution is 7.08. The molecule has 3 aromatic rings. The molecule has 1 aromatic heterocycles. The molecule has 0 aliphatic rings. The second kappa shape index (κ2) is 8.39. The van der Waals surface area contributed by atoms with E-state index in [0.29, 0.717) is 15.7 Å². The molecule has 0 saturated heterocycles. The first kappa shape index (κ1) is 17.8. The van der Waals surface area contributed by atoms with Crippen molar-refractivity contribution in [1.82, 2.24) is 0 Å². The second-order valence-corrected chi connectivity index (χ2v) is 6.89. The molecule has 3 rings (SSSR count). The van der Waals surface area contributed by atoms with Crippen LogP contribution in [0.4, 0.5) is 11.4 Å². The first-order chi connectivity index (χ1) is 12.1. The molecular formula is C19H15Cl2NO2S. The van der Waals surface area contributed by atoms with Crippen LogP contribution in [0.25, 0.3) is 0 Å².